The van der Waals surface area contributed by atoms with Gasteiger partial charge in [0.1, 0.15) is 12.0 Å². The highest BCUT2D eigenvalue weighted by atomic mass is 16.5. The second-order valence-corrected chi connectivity index (χ2v) is 7.67. The molecule has 4 heterocycles. The first-order valence-electron chi connectivity index (χ1n) is 10.3. The van der Waals surface area contributed by atoms with Crippen molar-refractivity contribution in [2.75, 3.05) is 32.8 Å². The summed E-state index contributed by atoms with van der Waals surface area (Å²) in [7, 11) is 0. The van der Waals surface area contributed by atoms with Gasteiger partial charge in [0.2, 0.25) is 0 Å². The Kier molecular flexibility index (Phi) is 5.24. The predicted octanol–water partition coefficient (Wildman–Crippen LogP) is 1.06. The molecule has 10 heteroatoms. The van der Waals surface area contributed by atoms with Crippen molar-refractivity contribution in [2.24, 2.45) is 0 Å². The van der Waals surface area contributed by atoms with Crippen LogP contribution in [0.2, 0.25) is 0 Å². The first-order valence-corrected chi connectivity index (χ1v) is 10.3. The number of aromatic amines is 1. The molecule has 1 aromatic carbocycles. The van der Waals surface area contributed by atoms with Crippen molar-refractivity contribution in [3.63, 3.8) is 0 Å². The van der Waals surface area contributed by atoms with Crippen LogP contribution in [0.15, 0.2) is 42.7 Å². The minimum absolute atomic E-state index is 0.0786. The van der Waals surface area contributed by atoms with Crippen LogP contribution in [0.1, 0.15) is 34.9 Å². The maximum Gasteiger partial charge on any atom is 0.272 e. The number of hydrogen-bond donors (Lipinski definition) is 1. The summed E-state index contributed by atoms with van der Waals surface area (Å²) in [5, 5.41) is 18.1. The van der Waals surface area contributed by atoms with Gasteiger partial charge in [0, 0.05) is 19.2 Å². The molecule has 156 valence electrons. The number of nitrogens with zero attached hydrogens (tertiary/aromatic N) is 7. The minimum atomic E-state index is -0.159. The summed E-state index contributed by atoms with van der Waals surface area (Å²) in [5.41, 5.74) is 1.48. The minimum Gasteiger partial charge on any atom is -0.373 e. The van der Waals surface area contributed by atoms with Crippen LogP contribution in [-0.2, 0) is 4.74 Å². The Balaban J connectivity index is 1.43. The molecule has 10 nitrogen and oxygen atoms in total. The molecule has 1 N–H and O–H groups in total. The quantitative estimate of drug-likeness (QED) is 0.673. The van der Waals surface area contributed by atoms with Crippen molar-refractivity contribution in [3.8, 4) is 5.82 Å². The van der Waals surface area contributed by atoms with Crippen molar-refractivity contribution in [2.45, 2.75) is 25.0 Å². The Labute approximate surface area is 173 Å². The highest BCUT2D eigenvalue weighted by Gasteiger charge is 2.38. The van der Waals surface area contributed by atoms with Gasteiger partial charge in [-0.2, -0.15) is 9.78 Å². The smallest absolute Gasteiger partial charge is 0.272 e. The SMILES string of the molecule is O=C(c1cc(-n2cnnn2)n[nH]1)N1CCO[C@@H](CN2CCCC2)[C@@H]1c1ccccc1. The first-order chi connectivity index (χ1) is 14.8. The molecule has 0 saturated carbocycles. The summed E-state index contributed by atoms with van der Waals surface area (Å²) in [6.45, 7) is 4.04. The average molecular weight is 408 g/mol. The summed E-state index contributed by atoms with van der Waals surface area (Å²) in [4.78, 5) is 17.8. The molecule has 0 aliphatic carbocycles. The van der Waals surface area contributed by atoms with Gasteiger partial charge in [0.15, 0.2) is 5.82 Å². The van der Waals surface area contributed by atoms with E-state index in [1.807, 2.05) is 23.1 Å². The van der Waals surface area contributed by atoms with Crippen LogP contribution in [0.3, 0.4) is 0 Å². The van der Waals surface area contributed by atoms with Crippen molar-refractivity contribution >= 4 is 5.91 Å². The number of amides is 1. The fourth-order valence-electron chi connectivity index (χ4n) is 4.34. The standard InChI is InChI=1S/C20H24N8O2/c29-20(16-12-18(23-22-16)28-14-21-24-25-28)27-10-11-30-17(13-26-8-4-5-9-26)19(27)15-6-2-1-3-7-15/h1-3,6-7,12,14,17,19H,4-5,8-11,13H2,(H,22,23)/t17-,19-/m0/s1. The molecule has 5 rings (SSSR count). The monoisotopic (exact) mass is 408 g/mol. The summed E-state index contributed by atoms with van der Waals surface area (Å²) in [5.74, 6) is 0.367. The second-order valence-electron chi connectivity index (χ2n) is 7.67. The van der Waals surface area contributed by atoms with Crippen LogP contribution in [0.5, 0.6) is 0 Å². The molecule has 0 unspecified atom stereocenters. The van der Waals surface area contributed by atoms with Crippen LogP contribution in [0.25, 0.3) is 5.82 Å². The topological polar surface area (TPSA) is 105 Å². The first kappa shape index (κ1) is 18.9. The fourth-order valence-corrected chi connectivity index (χ4v) is 4.34. The van der Waals surface area contributed by atoms with E-state index in [-0.39, 0.29) is 18.1 Å². The van der Waals surface area contributed by atoms with E-state index in [0.717, 1.165) is 25.2 Å². The Morgan fingerprint density at radius 3 is 2.77 bits per heavy atom. The molecule has 2 atom stereocenters. The average Bonchev–Trinajstić information content (AvgIpc) is 3.56. The zero-order valence-corrected chi connectivity index (χ0v) is 16.6. The molecule has 2 aromatic heterocycles. The number of tetrazole rings is 1. The molecule has 1 amide bonds. The number of carbonyl (C=O) groups is 1. The third kappa shape index (κ3) is 3.71. The number of carbonyl (C=O) groups excluding carboxylic acids is 1. The van der Waals surface area contributed by atoms with E-state index in [0.29, 0.717) is 24.7 Å². The summed E-state index contributed by atoms with van der Waals surface area (Å²) < 4.78 is 7.61. The van der Waals surface area contributed by atoms with Crippen LogP contribution in [0, 0.1) is 0 Å². The lowest BCUT2D eigenvalue weighted by molar-refractivity contribution is -0.0708. The number of likely N-dealkylation sites (tertiary alicyclic amines) is 1. The number of rotatable bonds is 5. The van der Waals surface area contributed by atoms with Crippen LogP contribution < -0.4 is 0 Å². The third-order valence-electron chi connectivity index (χ3n) is 5.77. The summed E-state index contributed by atoms with van der Waals surface area (Å²) in [6.07, 6.45) is 3.81. The zero-order chi connectivity index (χ0) is 20.3. The number of benzene rings is 1. The molecular formula is C20H24N8O2. The van der Waals surface area contributed by atoms with Gasteiger partial charge >= 0.3 is 0 Å². The Morgan fingerprint density at radius 1 is 1.17 bits per heavy atom. The van der Waals surface area contributed by atoms with Gasteiger partial charge in [0.05, 0.1) is 18.8 Å². The fraction of sp³-hybridized carbons (Fsp3) is 0.450. The summed E-state index contributed by atoms with van der Waals surface area (Å²) in [6, 6.07) is 11.6. The van der Waals surface area contributed by atoms with E-state index in [2.05, 4.69) is 42.8 Å². The van der Waals surface area contributed by atoms with Gasteiger partial charge in [-0.15, -0.1) is 5.10 Å². The Bertz CT molecular complexity index is 968. The molecule has 30 heavy (non-hydrogen) atoms. The van der Waals surface area contributed by atoms with E-state index in [1.54, 1.807) is 6.07 Å². The Hall–Kier alpha value is -3.11. The molecule has 0 bridgehead atoms. The highest BCUT2D eigenvalue weighted by molar-refractivity contribution is 5.93. The van der Waals surface area contributed by atoms with E-state index in [4.69, 9.17) is 4.74 Å². The lowest BCUT2D eigenvalue weighted by Crippen LogP contribution is -2.51. The highest BCUT2D eigenvalue weighted by Crippen LogP contribution is 2.32. The zero-order valence-electron chi connectivity index (χ0n) is 16.6. The van der Waals surface area contributed by atoms with Crippen molar-refractivity contribution in [1.82, 2.24) is 40.2 Å². The number of morpholine rings is 1. The van der Waals surface area contributed by atoms with E-state index in [1.165, 1.54) is 23.9 Å². The molecule has 2 aliphatic rings. The lowest BCUT2D eigenvalue weighted by atomic mass is 9.97. The molecule has 0 spiro atoms. The number of aromatic nitrogens is 6. The van der Waals surface area contributed by atoms with Gasteiger partial charge < -0.3 is 14.5 Å². The van der Waals surface area contributed by atoms with Crippen LogP contribution >= 0.6 is 0 Å². The predicted molar refractivity (Wildman–Crippen MR) is 107 cm³/mol. The van der Waals surface area contributed by atoms with Gasteiger partial charge in [0.25, 0.3) is 5.91 Å². The van der Waals surface area contributed by atoms with E-state index in [9.17, 15) is 4.79 Å². The molecule has 3 aromatic rings. The Morgan fingerprint density at radius 2 is 2.00 bits per heavy atom. The lowest BCUT2D eigenvalue weighted by Gasteiger charge is -2.42. The summed E-state index contributed by atoms with van der Waals surface area (Å²) >= 11 is 0. The number of H-pyrrole nitrogens is 1. The van der Waals surface area contributed by atoms with E-state index >= 15 is 0 Å². The van der Waals surface area contributed by atoms with Gasteiger partial charge in [-0.05, 0) is 41.9 Å². The molecular weight excluding hydrogens is 384 g/mol. The normalized spacial score (nSPS) is 22.5. The van der Waals surface area contributed by atoms with Gasteiger partial charge in [-0.3, -0.25) is 9.89 Å². The third-order valence-corrected chi connectivity index (χ3v) is 5.77. The molecule has 2 fully saturated rings. The van der Waals surface area contributed by atoms with Crippen molar-refractivity contribution in [1.29, 1.82) is 0 Å². The number of nitrogens with one attached hydrogen (secondary N) is 1. The van der Waals surface area contributed by atoms with Crippen molar-refractivity contribution < 1.29 is 9.53 Å². The molecule has 0 radical (unpaired) electrons. The molecule has 2 aliphatic heterocycles. The van der Waals surface area contributed by atoms with Crippen LogP contribution in [0.4, 0.5) is 0 Å². The number of ether oxygens (including phenoxy) is 1. The van der Waals surface area contributed by atoms with Gasteiger partial charge in [-0.25, -0.2) is 0 Å². The van der Waals surface area contributed by atoms with Crippen molar-refractivity contribution in [3.05, 3.63) is 54.0 Å². The van der Waals surface area contributed by atoms with E-state index < -0.39 is 0 Å². The maximum absolute atomic E-state index is 13.5. The number of hydrogen-bond acceptors (Lipinski definition) is 7. The largest absolute Gasteiger partial charge is 0.373 e. The van der Waals surface area contributed by atoms with Gasteiger partial charge in [-0.1, -0.05) is 30.3 Å². The maximum atomic E-state index is 13.5. The van der Waals surface area contributed by atoms with Crippen LogP contribution in [-0.4, -0.2) is 85.0 Å². The molecule has 2 saturated heterocycles. The second kappa shape index (κ2) is 8.33.